The van der Waals surface area contributed by atoms with E-state index in [-0.39, 0.29) is 21.7 Å². The summed E-state index contributed by atoms with van der Waals surface area (Å²) in [6.07, 6.45) is 14.8. The number of nitrogens with zero attached hydrogens (tertiary/aromatic N) is 2. The van der Waals surface area contributed by atoms with Crippen molar-refractivity contribution in [2.24, 2.45) is 0 Å². The van der Waals surface area contributed by atoms with Gasteiger partial charge in [-0.25, -0.2) is 0 Å². The highest BCUT2D eigenvalue weighted by Crippen LogP contribution is 2.39. The van der Waals surface area contributed by atoms with Crippen molar-refractivity contribution >= 4 is 43.6 Å². The van der Waals surface area contributed by atoms with Crippen LogP contribution in [0.4, 0.5) is 0 Å². The molecular formula is C59H74N2O4. The first-order chi connectivity index (χ1) is 31.5. The normalized spacial score (nSPS) is 14.7. The number of unbranched alkanes of at least 4 members (excludes halogenated alkanes) is 4. The minimum atomic E-state index is -0.434. The first kappa shape index (κ1) is 47.6. The highest BCUT2D eigenvalue weighted by atomic mass is 16.5. The Hall–Kier alpha value is -5.36. The van der Waals surface area contributed by atoms with E-state index in [1.807, 2.05) is 60.7 Å². The number of rotatable bonds is 23. The largest absolute Gasteiger partial charge is 0.470 e. The molecule has 0 saturated carbocycles. The van der Waals surface area contributed by atoms with Gasteiger partial charge in [0.15, 0.2) is 23.3 Å². The highest BCUT2D eigenvalue weighted by Gasteiger charge is 2.28. The van der Waals surface area contributed by atoms with E-state index < -0.39 is 12.5 Å². The Kier molecular flexibility index (Phi) is 15.6. The van der Waals surface area contributed by atoms with Crippen LogP contribution in [-0.4, -0.2) is 9.13 Å². The molecule has 0 aliphatic carbocycles. The summed E-state index contributed by atoms with van der Waals surface area (Å²) in [5, 5.41) is 2.35. The van der Waals surface area contributed by atoms with Gasteiger partial charge < -0.3 is 18.6 Å². The summed E-state index contributed by atoms with van der Waals surface area (Å²) >= 11 is 0. The van der Waals surface area contributed by atoms with Crippen molar-refractivity contribution in [3.8, 4) is 11.5 Å². The van der Waals surface area contributed by atoms with Crippen LogP contribution >= 0.6 is 0 Å². The van der Waals surface area contributed by atoms with Gasteiger partial charge in [0.05, 0.1) is 22.1 Å². The molecule has 0 saturated heterocycles. The fourth-order valence-electron chi connectivity index (χ4n) is 10.3. The van der Waals surface area contributed by atoms with Gasteiger partial charge >= 0.3 is 0 Å². The Morgan fingerprint density at radius 1 is 0.446 bits per heavy atom. The number of fused-ring (bicyclic) bond motifs is 4. The Morgan fingerprint density at radius 3 is 1.25 bits per heavy atom. The van der Waals surface area contributed by atoms with Gasteiger partial charge in [-0.15, -0.1) is 0 Å². The minimum absolute atomic E-state index is 0.0644. The molecular weight excluding hydrogens is 801 g/mol. The maximum Gasteiger partial charge on any atom is 0.197 e. The van der Waals surface area contributed by atoms with Crippen molar-refractivity contribution in [2.45, 2.75) is 175 Å². The lowest BCUT2D eigenvalue weighted by Gasteiger charge is -2.31. The van der Waals surface area contributed by atoms with E-state index in [0.29, 0.717) is 32.6 Å². The second-order valence-electron chi connectivity index (χ2n) is 19.2. The molecule has 0 N–H and O–H groups in total. The summed E-state index contributed by atoms with van der Waals surface area (Å²) in [7, 11) is 0. The molecule has 4 unspecified atom stereocenters. The van der Waals surface area contributed by atoms with Gasteiger partial charge in [0, 0.05) is 34.4 Å². The number of hydrogen-bond acceptors (Lipinski definition) is 4. The van der Waals surface area contributed by atoms with Crippen LogP contribution in [0.15, 0.2) is 119 Å². The van der Waals surface area contributed by atoms with Crippen molar-refractivity contribution in [3.63, 3.8) is 0 Å². The van der Waals surface area contributed by atoms with Crippen LogP contribution in [-0.2, 0) is 10.8 Å². The molecule has 6 nitrogen and oxygen atoms in total. The third-order valence-corrected chi connectivity index (χ3v) is 14.5. The number of para-hydroxylation sites is 2. The summed E-state index contributed by atoms with van der Waals surface area (Å²) in [6, 6.07) is 37.1. The summed E-state index contributed by atoms with van der Waals surface area (Å²) < 4.78 is 18.5. The van der Waals surface area contributed by atoms with E-state index in [0.717, 1.165) is 93.2 Å². The van der Waals surface area contributed by atoms with Crippen molar-refractivity contribution < 1.29 is 9.47 Å². The van der Waals surface area contributed by atoms with Crippen LogP contribution in [0.2, 0.25) is 0 Å². The van der Waals surface area contributed by atoms with Gasteiger partial charge in [-0.1, -0.05) is 149 Å². The quantitative estimate of drug-likeness (QED) is 0.0601. The van der Waals surface area contributed by atoms with Crippen LogP contribution < -0.4 is 20.3 Å². The summed E-state index contributed by atoms with van der Waals surface area (Å²) in [5.74, 6) is 1.58. The van der Waals surface area contributed by atoms with Gasteiger partial charge in [0.2, 0.25) is 0 Å². The molecule has 0 amide bonds. The monoisotopic (exact) mass is 875 g/mol. The molecule has 7 rings (SSSR count). The van der Waals surface area contributed by atoms with Crippen LogP contribution in [0, 0.1) is 0 Å². The molecule has 2 heterocycles. The second kappa shape index (κ2) is 21.3. The molecule has 0 spiro atoms. The standard InChI is InChI=1S/C59H74N2O4/c1-9-15-27-54(64-44-33-29-42(30-34-44)58(7,14-6)38-17-11-3)60-50-25-21-19-23-46(50)56(62)48-41-53-49(40-52(48)60)57(63)47-24-20-22-26-51(47)61(53)55(28-16-10-2)65-45-35-31-43(32-36-45)59(8,37-13-5)39-18-12-4/h19-26,29-36,40-41,54-55H,9-18,27-28,37-39H2,1-8H3. The lowest BCUT2D eigenvalue weighted by molar-refractivity contribution is 0.127. The van der Waals surface area contributed by atoms with E-state index >= 15 is 0 Å². The van der Waals surface area contributed by atoms with Crippen LogP contribution in [0.3, 0.4) is 0 Å². The molecule has 65 heavy (non-hydrogen) atoms. The number of benzene rings is 5. The van der Waals surface area contributed by atoms with E-state index in [1.54, 1.807) is 0 Å². The first-order valence-electron chi connectivity index (χ1n) is 25.1. The molecule has 0 aliphatic heterocycles. The van der Waals surface area contributed by atoms with E-state index in [9.17, 15) is 9.59 Å². The zero-order valence-corrected chi connectivity index (χ0v) is 40.7. The zero-order valence-electron chi connectivity index (χ0n) is 40.7. The van der Waals surface area contributed by atoms with E-state index in [2.05, 4.69) is 113 Å². The average molecular weight is 875 g/mol. The van der Waals surface area contributed by atoms with Crippen molar-refractivity contribution in [1.82, 2.24) is 9.13 Å². The topological polar surface area (TPSA) is 62.5 Å². The van der Waals surface area contributed by atoms with Crippen molar-refractivity contribution in [2.75, 3.05) is 0 Å². The summed E-state index contributed by atoms with van der Waals surface area (Å²) in [5.41, 5.74) is 5.73. The van der Waals surface area contributed by atoms with Crippen LogP contribution in [0.1, 0.15) is 175 Å². The molecule has 7 aromatic rings. The molecule has 0 aliphatic rings. The van der Waals surface area contributed by atoms with E-state index in [4.69, 9.17) is 9.47 Å². The van der Waals surface area contributed by atoms with Gasteiger partial charge in [0.25, 0.3) is 0 Å². The Labute approximate surface area is 388 Å². The molecule has 0 bridgehead atoms. The van der Waals surface area contributed by atoms with Gasteiger partial charge in [-0.3, -0.25) is 9.59 Å². The van der Waals surface area contributed by atoms with Crippen molar-refractivity contribution in [1.29, 1.82) is 0 Å². The minimum Gasteiger partial charge on any atom is -0.470 e. The number of pyridine rings is 2. The van der Waals surface area contributed by atoms with Crippen LogP contribution in [0.25, 0.3) is 43.6 Å². The Bertz CT molecular complexity index is 2800. The molecule has 5 aromatic carbocycles. The lowest BCUT2D eigenvalue weighted by atomic mass is 9.75. The predicted octanol–water partition coefficient (Wildman–Crippen LogP) is 16.3. The maximum absolute atomic E-state index is 14.9. The maximum atomic E-state index is 14.9. The molecule has 6 heteroatoms. The smallest absolute Gasteiger partial charge is 0.197 e. The fourth-order valence-corrected chi connectivity index (χ4v) is 10.3. The zero-order chi connectivity index (χ0) is 46.1. The fraction of sp³-hybridized carbons (Fsp3) is 0.458. The molecule has 344 valence electrons. The third kappa shape index (κ3) is 9.93. The SMILES string of the molecule is CCCCC(Oc1ccc(C(C)(CC)CCCC)cc1)n1c2ccccc2c(=O)c2cc3c(cc21)c(=O)c1ccccc1n3C(CCCC)Oc1ccc(C(C)(CCC)CCCC)cc1. The summed E-state index contributed by atoms with van der Waals surface area (Å²) in [4.78, 5) is 29.7. The molecule has 0 fully saturated rings. The van der Waals surface area contributed by atoms with E-state index in [1.165, 1.54) is 36.8 Å². The molecule has 2 aromatic heterocycles. The third-order valence-electron chi connectivity index (χ3n) is 14.5. The number of hydrogen-bond donors (Lipinski definition) is 0. The molecule has 4 atom stereocenters. The first-order valence-corrected chi connectivity index (χ1v) is 25.1. The Balaban J connectivity index is 1.41. The van der Waals surface area contributed by atoms with Gasteiger partial charge in [-0.2, -0.15) is 0 Å². The lowest BCUT2D eigenvalue weighted by Crippen LogP contribution is -2.24. The number of ether oxygens (including phenoxy) is 2. The predicted molar refractivity (Wildman–Crippen MR) is 275 cm³/mol. The highest BCUT2D eigenvalue weighted by molar-refractivity contribution is 6.04. The second-order valence-corrected chi connectivity index (χ2v) is 19.2. The summed E-state index contributed by atoms with van der Waals surface area (Å²) in [6.45, 7) is 18.2. The van der Waals surface area contributed by atoms with Crippen LogP contribution in [0.5, 0.6) is 11.5 Å². The average Bonchev–Trinajstić information content (AvgIpc) is 3.33. The van der Waals surface area contributed by atoms with Gasteiger partial charge in [0.1, 0.15) is 11.5 Å². The van der Waals surface area contributed by atoms with Crippen molar-refractivity contribution in [3.05, 3.63) is 141 Å². The van der Waals surface area contributed by atoms with Gasteiger partial charge in [-0.05, 0) is 121 Å². The number of aromatic nitrogens is 2. The molecule has 0 radical (unpaired) electrons. The Morgan fingerprint density at radius 2 is 0.846 bits per heavy atom.